The number of carbonyl (C=O) groups excluding carboxylic acids is 1. The van der Waals surface area contributed by atoms with Gasteiger partial charge < -0.3 is 20.5 Å². The molecule has 0 aromatic rings. The Kier molecular flexibility index (Phi) is 4.28. The van der Waals surface area contributed by atoms with Crippen LogP contribution in [0.1, 0.15) is 47.5 Å². The summed E-state index contributed by atoms with van der Waals surface area (Å²) in [6.07, 6.45) is 0.668. The maximum Gasteiger partial charge on any atom is 0.410 e. The van der Waals surface area contributed by atoms with E-state index in [4.69, 9.17) is 10.5 Å². The van der Waals surface area contributed by atoms with Crippen LogP contribution in [-0.4, -0.2) is 45.9 Å². The van der Waals surface area contributed by atoms with Gasteiger partial charge in [-0.15, -0.1) is 0 Å². The summed E-state index contributed by atoms with van der Waals surface area (Å²) < 4.78 is 5.39. The molecule has 5 heteroatoms. The molecule has 3 N–H and O–H groups in total. The number of hydrogen-bond donors (Lipinski definition) is 2. The first-order valence-electron chi connectivity index (χ1n) is 6.52. The van der Waals surface area contributed by atoms with Crippen LogP contribution in [0.4, 0.5) is 4.79 Å². The van der Waals surface area contributed by atoms with Crippen molar-refractivity contribution in [2.24, 2.45) is 5.73 Å². The normalized spacial score (nSPS) is 33.4. The predicted molar refractivity (Wildman–Crippen MR) is 70.2 cm³/mol. The van der Waals surface area contributed by atoms with Gasteiger partial charge in [0.05, 0.1) is 5.60 Å². The Morgan fingerprint density at radius 2 is 1.83 bits per heavy atom. The number of hydrogen-bond acceptors (Lipinski definition) is 4. The van der Waals surface area contributed by atoms with E-state index < -0.39 is 11.2 Å². The molecule has 1 aliphatic heterocycles. The monoisotopic (exact) mass is 258 g/mol. The molecular weight excluding hydrogens is 232 g/mol. The molecule has 0 aromatic heterocycles. The Labute approximate surface area is 109 Å². The van der Waals surface area contributed by atoms with Gasteiger partial charge in [-0.2, -0.15) is 0 Å². The van der Waals surface area contributed by atoms with Crippen LogP contribution in [0.25, 0.3) is 0 Å². The maximum atomic E-state index is 12.1. The summed E-state index contributed by atoms with van der Waals surface area (Å²) in [5, 5.41) is 10.2. The molecule has 0 spiro atoms. The van der Waals surface area contributed by atoms with Gasteiger partial charge in [0.15, 0.2) is 0 Å². The molecule has 5 nitrogen and oxygen atoms in total. The van der Waals surface area contributed by atoms with E-state index in [9.17, 15) is 9.90 Å². The second-order valence-corrected chi connectivity index (χ2v) is 6.42. The Morgan fingerprint density at radius 3 is 2.17 bits per heavy atom. The maximum absolute atomic E-state index is 12.1. The molecule has 1 fully saturated rings. The highest BCUT2D eigenvalue weighted by Crippen LogP contribution is 2.31. The smallest absolute Gasteiger partial charge is 0.410 e. The lowest BCUT2D eigenvalue weighted by atomic mass is 9.83. The summed E-state index contributed by atoms with van der Waals surface area (Å²) in [7, 11) is 0. The molecule has 0 saturated carbocycles. The highest BCUT2D eigenvalue weighted by molar-refractivity contribution is 5.69. The average molecular weight is 258 g/mol. The molecule has 1 aliphatic rings. The molecule has 1 rings (SSSR count). The Hall–Kier alpha value is -0.810. The van der Waals surface area contributed by atoms with Gasteiger partial charge in [-0.3, -0.25) is 0 Å². The average Bonchev–Trinajstić information content (AvgIpc) is 2.12. The minimum atomic E-state index is -0.864. The number of nitrogens with two attached hydrogens (primary N) is 1. The van der Waals surface area contributed by atoms with Crippen molar-refractivity contribution in [3.8, 4) is 0 Å². The van der Waals surface area contributed by atoms with E-state index in [0.717, 1.165) is 0 Å². The first-order chi connectivity index (χ1) is 8.08. The highest BCUT2D eigenvalue weighted by Gasteiger charge is 2.42. The molecule has 2 unspecified atom stereocenters. The van der Waals surface area contributed by atoms with E-state index in [-0.39, 0.29) is 24.7 Å². The number of nitrogens with zero attached hydrogens (tertiary/aromatic N) is 1. The fourth-order valence-corrected chi connectivity index (χ4v) is 2.66. The van der Waals surface area contributed by atoms with Crippen molar-refractivity contribution in [1.29, 1.82) is 0 Å². The molecule has 0 radical (unpaired) electrons. The SMILES string of the molecule is CC1CC(O)(CN)CC(C)N1C(=O)OC(C)(C)C. The van der Waals surface area contributed by atoms with Crippen LogP contribution in [0.15, 0.2) is 0 Å². The summed E-state index contributed by atoms with van der Waals surface area (Å²) in [5.74, 6) is 0. The van der Waals surface area contributed by atoms with E-state index >= 15 is 0 Å². The summed E-state index contributed by atoms with van der Waals surface area (Å²) in [6, 6.07) is -0.144. The molecule has 1 saturated heterocycles. The number of likely N-dealkylation sites (tertiary alicyclic amines) is 1. The molecule has 18 heavy (non-hydrogen) atoms. The molecule has 1 amide bonds. The quantitative estimate of drug-likeness (QED) is 0.747. The van der Waals surface area contributed by atoms with Gasteiger partial charge in [0.2, 0.25) is 0 Å². The van der Waals surface area contributed by atoms with Gasteiger partial charge in [0.1, 0.15) is 5.60 Å². The lowest BCUT2D eigenvalue weighted by molar-refractivity contribution is -0.0655. The lowest BCUT2D eigenvalue weighted by Gasteiger charge is -2.46. The van der Waals surface area contributed by atoms with Crippen molar-refractivity contribution in [2.75, 3.05) is 6.54 Å². The van der Waals surface area contributed by atoms with Crippen molar-refractivity contribution < 1.29 is 14.6 Å². The molecule has 106 valence electrons. The van der Waals surface area contributed by atoms with Crippen LogP contribution >= 0.6 is 0 Å². The van der Waals surface area contributed by atoms with Crippen molar-refractivity contribution in [1.82, 2.24) is 4.90 Å². The third-order valence-corrected chi connectivity index (χ3v) is 3.28. The van der Waals surface area contributed by atoms with Gasteiger partial charge in [-0.25, -0.2) is 4.79 Å². The van der Waals surface area contributed by atoms with Crippen LogP contribution in [-0.2, 0) is 4.74 Å². The van der Waals surface area contributed by atoms with E-state index in [2.05, 4.69) is 0 Å². The number of piperidine rings is 1. The van der Waals surface area contributed by atoms with Crippen molar-refractivity contribution >= 4 is 6.09 Å². The number of carbonyl (C=O) groups is 1. The van der Waals surface area contributed by atoms with Gasteiger partial charge >= 0.3 is 6.09 Å². The molecule has 0 aliphatic carbocycles. The predicted octanol–water partition coefficient (Wildman–Crippen LogP) is 1.48. The van der Waals surface area contributed by atoms with E-state index in [1.807, 2.05) is 34.6 Å². The Morgan fingerprint density at radius 1 is 1.39 bits per heavy atom. The topological polar surface area (TPSA) is 75.8 Å². The summed E-state index contributed by atoms with van der Waals surface area (Å²) in [5.41, 5.74) is 4.23. The fraction of sp³-hybridized carbons (Fsp3) is 0.923. The Balaban J connectivity index is 2.76. The van der Waals surface area contributed by atoms with Gasteiger partial charge in [0.25, 0.3) is 0 Å². The lowest BCUT2D eigenvalue weighted by Crippen LogP contribution is -2.58. The van der Waals surface area contributed by atoms with Crippen LogP contribution in [0.5, 0.6) is 0 Å². The fourth-order valence-electron chi connectivity index (χ4n) is 2.66. The molecule has 1 heterocycles. The number of ether oxygens (including phenoxy) is 1. The van der Waals surface area contributed by atoms with Crippen molar-refractivity contribution in [3.63, 3.8) is 0 Å². The number of rotatable bonds is 1. The summed E-state index contributed by atoms with van der Waals surface area (Å²) in [6.45, 7) is 9.60. The van der Waals surface area contributed by atoms with E-state index in [1.54, 1.807) is 4.90 Å². The zero-order valence-corrected chi connectivity index (χ0v) is 12.1. The van der Waals surface area contributed by atoms with Crippen molar-refractivity contribution in [2.45, 2.75) is 70.7 Å². The standard InChI is InChI=1S/C13H26N2O3/c1-9-6-13(17,8-14)7-10(2)15(9)11(16)18-12(3,4)5/h9-10,17H,6-8,14H2,1-5H3. The summed E-state index contributed by atoms with van der Waals surface area (Å²) >= 11 is 0. The second-order valence-electron chi connectivity index (χ2n) is 6.42. The zero-order chi connectivity index (χ0) is 14.1. The van der Waals surface area contributed by atoms with Gasteiger partial charge in [0, 0.05) is 18.6 Å². The summed E-state index contributed by atoms with van der Waals surface area (Å²) in [4.78, 5) is 13.8. The van der Waals surface area contributed by atoms with E-state index in [0.29, 0.717) is 12.8 Å². The molecule has 0 bridgehead atoms. The number of amides is 1. The Bertz CT molecular complexity index is 300. The van der Waals surface area contributed by atoms with Crippen LogP contribution in [0, 0.1) is 0 Å². The van der Waals surface area contributed by atoms with Gasteiger partial charge in [-0.05, 0) is 47.5 Å². The molecular formula is C13H26N2O3. The van der Waals surface area contributed by atoms with Gasteiger partial charge in [-0.1, -0.05) is 0 Å². The van der Waals surface area contributed by atoms with Crippen molar-refractivity contribution in [3.05, 3.63) is 0 Å². The highest BCUT2D eigenvalue weighted by atomic mass is 16.6. The first-order valence-corrected chi connectivity index (χ1v) is 6.52. The third kappa shape index (κ3) is 3.59. The minimum absolute atomic E-state index is 0.0721. The minimum Gasteiger partial charge on any atom is -0.444 e. The zero-order valence-electron chi connectivity index (χ0n) is 12.1. The second kappa shape index (κ2) is 5.05. The molecule has 0 aromatic carbocycles. The van der Waals surface area contributed by atoms with Crippen LogP contribution < -0.4 is 5.73 Å². The number of aliphatic hydroxyl groups is 1. The third-order valence-electron chi connectivity index (χ3n) is 3.28. The van der Waals surface area contributed by atoms with Crippen LogP contribution in [0.2, 0.25) is 0 Å². The van der Waals surface area contributed by atoms with E-state index in [1.165, 1.54) is 0 Å². The largest absolute Gasteiger partial charge is 0.444 e. The van der Waals surface area contributed by atoms with Crippen LogP contribution in [0.3, 0.4) is 0 Å². The molecule has 2 atom stereocenters. The first kappa shape index (κ1) is 15.2.